The molecule has 0 saturated heterocycles. The van der Waals surface area contributed by atoms with Crippen molar-refractivity contribution in [1.82, 2.24) is 14.8 Å². The fraction of sp³-hybridized carbons (Fsp3) is 0. The zero-order valence-electron chi connectivity index (χ0n) is 6.18. The van der Waals surface area contributed by atoms with Gasteiger partial charge in [0.2, 0.25) is 0 Å². The molecule has 4 heteroatoms. The smallest absolute Gasteiger partial charge is 0.138 e. The van der Waals surface area contributed by atoms with E-state index < -0.39 is 0 Å². The molecular weight excluding hydrogens is 218 g/mol. The summed E-state index contributed by atoms with van der Waals surface area (Å²) < 4.78 is 2.75. The first-order chi connectivity index (χ1) is 5.86. The molecule has 2 aromatic rings. The van der Waals surface area contributed by atoms with Gasteiger partial charge in [-0.25, -0.2) is 9.67 Å². The second-order valence-corrected chi connectivity index (χ2v) is 3.24. The summed E-state index contributed by atoms with van der Waals surface area (Å²) in [7, 11) is 0. The third kappa shape index (κ3) is 1.38. The Morgan fingerprint density at radius 1 is 1.33 bits per heavy atom. The molecule has 0 aliphatic rings. The van der Waals surface area contributed by atoms with Crippen molar-refractivity contribution in [2.45, 2.75) is 0 Å². The van der Waals surface area contributed by atoms with Crippen LogP contribution in [0.25, 0.3) is 5.69 Å². The van der Waals surface area contributed by atoms with Crippen LogP contribution in [0.5, 0.6) is 0 Å². The van der Waals surface area contributed by atoms with Gasteiger partial charge in [-0.05, 0) is 18.2 Å². The van der Waals surface area contributed by atoms with Gasteiger partial charge >= 0.3 is 0 Å². The van der Waals surface area contributed by atoms with Gasteiger partial charge in [0.25, 0.3) is 0 Å². The van der Waals surface area contributed by atoms with Crippen LogP contribution in [0.15, 0.2) is 41.4 Å². The molecule has 0 fully saturated rings. The number of benzene rings is 1. The maximum atomic E-state index is 4.01. The Kier molecular flexibility index (Phi) is 1.91. The molecule has 1 aromatic heterocycles. The van der Waals surface area contributed by atoms with E-state index in [4.69, 9.17) is 0 Å². The summed E-state index contributed by atoms with van der Waals surface area (Å²) in [6, 6.07) is 7.88. The highest BCUT2D eigenvalue weighted by Crippen LogP contribution is 2.13. The molecule has 0 amide bonds. The Balaban J connectivity index is 2.48. The van der Waals surface area contributed by atoms with Crippen LogP contribution in [0, 0.1) is 0 Å². The zero-order valence-corrected chi connectivity index (χ0v) is 7.77. The minimum atomic E-state index is 1.00. The lowest BCUT2D eigenvalue weighted by Crippen LogP contribution is -1.92. The van der Waals surface area contributed by atoms with Crippen LogP contribution in [0.4, 0.5) is 0 Å². The highest BCUT2D eigenvalue weighted by atomic mass is 79.9. The van der Waals surface area contributed by atoms with E-state index in [1.165, 1.54) is 6.33 Å². The van der Waals surface area contributed by atoms with Crippen molar-refractivity contribution in [2.24, 2.45) is 0 Å². The van der Waals surface area contributed by atoms with Gasteiger partial charge in [-0.2, -0.15) is 5.10 Å². The van der Waals surface area contributed by atoms with Gasteiger partial charge < -0.3 is 0 Å². The van der Waals surface area contributed by atoms with E-state index in [0.717, 1.165) is 10.2 Å². The van der Waals surface area contributed by atoms with E-state index in [9.17, 15) is 0 Å². The Bertz CT molecular complexity index is 370. The first-order valence-electron chi connectivity index (χ1n) is 3.47. The Morgan fingerprint density at radius 3 is 2.92 bits per heavy atom. The largest absolute Gasteiger partial charge is 0.223 e. The van der Waals surface area contributed by atoms with Crippen LogP contribution >= 0.6 is 15.9 Å². The molecule has 0 N–H and O–H groups in total. The van der Waals surface area contributed by atoms with Crippen molar-refractivity contribution in [2.75, 3.05) is 0 Å². The number of rotatable bonds is 1. The Labute approximate surface area is 78.2 Å². The van der Waals surface area contributed by atoms with Crippen LogP contribution in [-0.2, 0) is 0 Å². The van der Waals surface area contributed by atoms with E-state index in [2.05, 4.69) is 26.0 Å². The molecule has 2 rings (SSSR count). The van der Waals surface area contributed by atoms with Crippen molar-refractivity contribution in [3.63, 3.8) is 0 Å². The molecule has 1 heterocycles. The fourth-order valence-electron chi connectivity index (χ4n) is 0.960. The van der Waals surface area contributed by atoms with Crippen LogP contribution < -0.4 is 0 Å². The molecule has 0 unspecified atom stereocenters. The Hall–Kier alpha value is -1.16. The van der Waals surface area contributed by atoms with Gasteiger partial charge in [-0.3, -0.25) is 0 Å². The first-order valence-corrected chi connectivity index (χ1v) is 4.26. The van der Waals surface area contributed by atoms with Crippen LogP contribution in [0.2, 0.25) is 0 Å². The molecule has 0 atom stereocenters. The van der Waals surface area contributed by atoms with Crippen LogP contribution in [0.1, 0.15) is 0 Å². The third-order valence-electron chi connectivity index (χ3n) is 1.49. The molecule has 0 aliphatic carbocycles. The van der Waals surface area contributed by atoms with Gasteiger partial charge in [0, 0.05) is 4.47 Å². The standard InChI is InChI=1S/C8H6BrN3/c9-7-2-1-3-8(4-7)12-6-10-5-11-12/h1-6H. The van der Waals surface area contributed by atoms with E-state index >= 15 is 0 Å². The molecule has 0 radical (unpaired) electrons. The quantitative estimate of drug-likeness (QED) is 0.741. The molecule has 60 valence electrons. The van der Waals surface area contributed by atoms with Gasteiger partial charge in [-0.1, -0.05) is 22.0 Å². The fourth-order valence-corrected chi connectivity index (χ4v) is 1.35. The Morgan fingerprint density at radius 2 is 2.25 bits per heavy atom. The van der Waals surface area contributed by atoms with Crippen molar-refractivity contribution in [3.8, 4) is 5.69 Å². The van der Waals surface area contributed by atoms with Gasteiger partial charge in [0.15, 0.2) is 0 Å². The minimum Gasteiger partial charge on any atom is -0.223 e. The van der Waals surface area contributed by atoms with Crippen molar-refractivity contribution in [1.29, 1.82) is 0 Å². The summed E-state index contributed by atoms with van der Waals surface area (Å²) in [5.41, 5.74) is 1.00. The van der Waals surface area contributed by atoms with Gasteiger partial charge in [0.05, 0.1) is 5.69 Å². The predicted molar refractivity (Wildman–Crippen MR) is 49.1 cm³/mol. The third-order valence-corrected chi connectivity index (χ3v) is 1.98. The second kappa shape index (κ2) is 3.06. The first kappa shape index (κ1) is 7.49. The van der Waals surface area contributed by atoms with Crippen molar-refractivity contribution >= 4 is 15.9 Å². The average molecular weight is 224 g/mol. The SMILES string of the molecule is Brc1cccc(-n2cncn2)c1. The highest BCUT2D eigenvalue weighted by molar-refractivity contribution is 9.10. The molecule has 0 bridgehead atoms. The van der Waals surface area contributed by atoms with Gasteiger partial charge in [0.1, 0.15) is 12.7 Å². The number of hydrogen-bond donors (Lipinski definition) is 0. The number of hydrogen-bond acceptors (Lipinski definition) is 2. The highest BCUT2D eigenvalue weighted by Gasteiger charge is 1.95. The maximum absolute atomic E-state index is 4.01. The molecular formula is C8H6BrN3. The lowest BCUT2D eigenvalue weighted by Gasteiger charge is -1.98. The number of aromatic nitrogens is 3. The van der Waals surface area contributed by atoms with Crippen LogP contribution in [0.3, 0.4) is 0 Å². The maximum Gasteiger partial charge on any atom is 0.138 e. The molecule has 1 aromatic carbocycles. The molecule has 0 spiro atoms. The molecule has 3 nitrogen and oxygen atoms in total. The second-order valence-electron chi connectivity index (χ2n) is 2.32. The molecule has 0 aliphatic heterocycles. The number of halogens is 1. The van der Waals surface area contributed by atoms with Crippen molar-refractivity contribution < 1.29 is 0 Å². The summed E-state index contributed by atoms with van der Waals surface area (Å²) in [5.74, 6) is 0. The van der Waals surface area contributed by atoms with E-state index in [1.807, 2.05) is 24.3 Å². The topological polar surface area (TPSA) is 30.7 Å². The zero-order chi connectivity index (χ0) is 8.39. The lowest BCUT2D eigenvalue weighted by atomic mass is 10.3. The minimum absolute atomic E-state index is 1.00. The van der Waals surface area contributed by atoms with E-state index in [1.54, 1.807) is 11.0 Å². The van der Waals surface area contributed by atoms with E-state index in [0.29, 0.717) is 0 Å². The summed E-state index contributed by atoms with van der Waals surface area (Å²) in [5, 5.41) is 4.01. The van der Waals surface area contributed by atoms with Crippen molar-refractivity contribution in [3.05, 3.63) is 41.4 Å². The van der Waals surface area contributed by atoms with E-state index in [-0.39, 0.29) is 0 Å². The summed E-state index contributed by atoms with van der Waals surface area (Å²) in [4.78, 5) is 3.86. The summed E-state index contributed by atoms with van der Waals surface area (Å²) in [6.45, 7) is 0. The molecule has 12 heavy (non-hydrogen) atoms. The molecule has 0 saturated carbocycles. The summed E-state index contributed by atoms with van der Waals surface area (Å²) in [6.07, 6.45) is 3.18. The monoisotopic (exact) mass is 223 g/mol. The summed E-state index contributed by atoms with van der Waals surface area (Å²) >= 11 is 3.39. The predicted octanol–water partition coefficient (Wildman–Crippen LogP) is 2.03. The average Bonchev–Trinajstić information content (AvgIpc) is 2.56. The lowest BCUT2D eigenvalue weighted by molar-refractivity contribution is 0.878. The normalized spacial score (nSPS) is 10.1. The number of nitrogens with zero attached hydrogens (tertiary/aromatic N) is 3. The van der Waals surface area contributed by atoms with Crippen LogP contribution in [-0.4, -0.2) is 14.8 Å². The van der Waals surface area contributed by atoms with Gasteiger partial charge in [-0.15, -0.1) is 0 Å².